The van der Waals surface area contributed by atoms with Crippen LogP contribution in [0.3, 0.4) is 0 Å². The second-order valence-corrected chi connectivity index (χ2v) is 3.52. The fourth-order valence-electron chi connectivity index (χ4n) is 1.43. The highest BCUT2D eigenvalue weighted by Gasteiger charge is 2.13. The molecule has 1 aromatic carbocycles. The van der Waals surface area contributed by atoms with Gasteiger partial charge in [0.05, 0.1) is 5.56 Å². The summed E-state index contributed by atoms with van der Waals surface area (Å²) in [7, 11) is 0. The zero-order valence-electron chi connectivity index (χ0n) is 9.59. The number of hydrogen-bond acceptors (Lipinski definition) is 5. The van der Waals surface area contributed by atoms with Gasteiger partial charge in [0.2, 0.25) is 5.88 Å². The number of rotatable bonds is 2. The van der Waals surface area contributed by atoms with Gasteiger partial charge in [-0.05, 0) is 18.2 Å². The average molecular weight is 254 g/mol. The Labute approximate surface area is 108 Å². The third-order valence-electron chi connectivity index (χ3n) is 2.37. The molecule has 0 aliphatic rings. The van der Waals surface area contributed by atoms with Crippen molar-refractivity contribution in [2.45, 2.75) is 0 Å². The van der Waals surface area contributed by atoms with Gasteiger partial charge >= 0.3 is 0 Å². The molecule has 0 spiro atoms. The van der Waals surface area contributed by atoms with E-state index < -0.39 is 5.82 Å². The first-order chi connectivity index (χ1) is 9.17. The molecule has 5 nitrogen and oxygen atoms in total. The number of halogens is 1. The lowest BCUT2D eigenvalue weighted by molar-refractivity contribution is 0.458. The molecule has 2 aromatic rings. The normalized spacial score (nSPS) is 9.42. The Balaban J connectivity index is 2.47. The van der Waals surface area contributed by atoms with Gasteiger partial charge in [0.15, 0.2) is 0 Å². The number of nitrogen functional groups attached to an aromatic ring is 1. The van der Waals surface area contributed by atoms with Crippen LogP contribution in [0.4, 0.5) is 10.1 Å². The van der Waals surface area contributed by atoms with Crippen LogP contribution in [-0.2, 0) is 0 Å². The van der Waals surface area contributed by atoms with E-state index in [1.807, 2.05) is 6.07 Å². The van der Waals surface area contributed by atoms with E-state index in [1.54, 1.807) is 6.07 Å². The first kappa shape index (κ1) is 12.3. The number of nitriles is 2. The van der Waals surface area contributed by atoms with E-state index in [1.165, 1.54) is 24.4 Å². The maximum Gasteiger partial charge on any atom is 0.244 e. The highest BCUT2D eigenvalue weighted by Crippen LogP contribution is 2.30. The molecule has 0 unspecified atom stereocenters. The summed E-state index contributed by atoms with van der Waals surface area (Å²) in [4.78, 5) is 3.86. The van der Waals surface area contributed by atoms with E-state index >= 15 is 0 Å². The number of nitrogens with zero attached hydrogens (tertiary/aromatic N) is 3. The topological polar surface area (TPSA) is 95.7 Å². The highest BCUT2D eigenvalue weighted by molar-refractivity contribution is 5.61. The van der Waals surface area contributed by atoms with E-state index in [0.717, 1.165) is 6.07 Å². The molecule has 0 aliphatic heterocycles. The Morgan fingerprint density at radius 1 is 1.21 bits per heavy atom. The summed E-state index contributed by atoms with van der Waals surface area (Å²) in [5, 5.41) is 17.7. The predicted octanol–water partition coefficient (Wildman–Crippen LogP) is 2.34. The van der Waals surface area contributed by atoms with Gasteiger partial charge in [-0.3, -0.25) is 0 Å². The van der Waals surface area contributed by atoms with Gasteiger partial charge in [0.1, 0.15) is 35.0 Å². The highest BCUT2D eigenvalue weighted by atomic mass is 19.1. The lowest BCUT2D eigenvalue weighted by Gasteiger charge is -2.09. The molecule has 0 atom stereocenters. The zero-order valence-corrected chi connectivity index (χ0v) is 9.59. The van der Waals surface area contributed by atoms with Gasteiger partial charge < -0.3 is 10.5 Å². The van der Waals surface area contributed by atoms with Crippen LogP contribution in [0.25, 0.3) is 0 Å². The predicted molar refractivity (Wildman–Crippen MR) is 64.6 cm³/mol. The van der Waals surface area contributed by atoms with Gasteiger partial charge in [-0.1, -0.05) is 6.07 Å². The third kappa shape index (κ3) is 2.28. The van der Waals surface area contributed by atoms with Crippen LogP contribution in [-0.4, -0.2) is 4.98 Å². The summed E-state index contributed by atoms with van der Waals surface area (Å²) in [6.45, 7) is 0. The first-order valence-corrected chi connectivity index (χ1v) is 5.18. The number of anilines is 1. The SMILES string of the molecule is N#Cc1ccnc(Oc2cccc(F)c2C#N)c1N. The second-order valence-electron chi connectivity index (χ2n) is 3.52. The molecule has 0 fully saturated rings. The number of pyridine rings is 1. The van der Waals surface area contributed by atoms with Crippen LogP contribution in [0, 0.1) is 28.5 Å². The van der Waals surface area contributed by atoms with Crippen LogP contribution in [0.15, 0.2) is 30.5 Å². The molecular weight excluding hydrogens is 247 g/mol. The molecule has 92 valence electrons. The van der Waals surface area contributed by atoms with Crippen LogP contribution < -0.4 is 10.5 Å². The van der Waals surface area contributed by atoms with Crippen molar-refractivity contribution in [2.24, 2.45) is 0 Å². The van der Waals surface area contributed by atoms with Crippen LogP contribution in [0.5, 0.6) is 11.6 Å². The lowest BCUT2D eigenvalue weighted by Crippen LogP contribution is -1.99. The van der Waals surface area contributed by atoms with E-state index in [-0.39, 0.29) is 28.4 Å². The summed E-state index contributed by atoms with van der Waals surface area (Å²) in [6, 6.07) is 8.97. The first-order valence-electron chi connectivity index (χ1n) is 5.18. The molecule has 0 aliphatic carbocycles. The third-order valence-corrected chi connectivity index (χ3v) is 2.37. The van der Waals surface area contributed by atoms with E-state index in [9.17, 15) is 4.39 Å². The molecule has 0 radical (unpaired) electrons. The Morgan fingerprint density at radius 2 is 2.00 bits per heavy atom. The molecular formula is C13H7FN4O. The molecule has 1 aromatic heterocycles. The van der Waals surface area contributed by atoms with Crippen molar-refractivity contribution in [1.82, 2.24) is 4.98 Å². The lowest BCUT2D eigenvalue weighted by atomic mass is 10.2. The quantitative estimate of drug-likeness (QED) is 0.887. The van der Waals surface area contributed by atoms with E-state index in [4.69, 9.17) is 21.0 Å². The Bertz CT molecular complexity index is 716. The summed E-state index contributed by atoms with van der Waals surface area (Å²) >= 11 is 0. The summed E-state index contributed by atoms with van der Waals surface area (Å²) in [5.41, 5.74) is 5.67. The van der Waals surface area contributed by atoms with Crippen molar-refractivity contribution < 1.29 is 9.13 Å². The molecule has 6 heteroatoms. The van der Waals surface area contributed by atoms with Crippen LogP contribution in [0.1, 0.15) is 11.1 Å². The zero-order chi connectivity index (χ0) is 13.8. The molecule has 0 amide bonds. The van der Waals surface area contributed by atoms with Gasteiger partial charge in [-0.25, -0.2) is 9.37 Å². The van der Waals surface area contributed by atoms with Crippen molar-refractivity contribution in [3.05, 3.63) is 47.4 Å². The number of hydrogen-bond donors (Lipinski definition) is 1. The molecule has 0 saturated heterocycles. The smallest absolute Gasteiger partial charge is 0.244 e. The molecule has 2 N–H and O–H groups in total. The average Bonchev–Trinajstić information content (AvgIpc) is 2.41. The minimum atomic E-state index is -0.699. The van der Waals surface area contributed by atoms with E-state index in [2.05, 4.69) is 4.98 Å². The number of aromatic nitrogens is 1. The number of benzene rings is 1. The molecule has 19 heavy (non-hydrogen) atoms. The number of ether oxygens (including phenoxy) is 1. The van der Waals surface area contributed by atoms with Crippen molar-refractivity contribution in [2.75, 3.05) is 5.73 Å². The van der Waals surface area contributed by atoms with Crippen LogP contribution in [0.2, 0.25) is 0 Å². The molecule has 0 bridgehead atoms. The Morgan fingerprint density at radius 3 is 2.68 bits per heavy atom. The maximum atomic E-state index is 13.4. The monoisotopic (exact) mass is 254 g/mol. The summed E-state index contributed by atoms with van der Waals surface area (Å²) < 4.78 is 18.7. The molecule has 1 heterocycles. The molecule has 0 saturated carbocycles. The molecule has 2 rings (SSSR count). The Kier molecular flexibility index (Phi) is 3.26. The fraction of sp³-hybridized carbons (Fsp3) is 0. The van der Waals surface area contributed by atoms with Gasteiger partial charge in [-0.15, -0.1) is 0 Å². The van der Waals surface area contributed by atoms with Crippen molar-refractivity contribution >= 4 is 5.69 Å². The van der Waals surface area contributed by atoms with Gasteiger partial charge in [0, 0.05) is 6.20 Å². The number of nitrogens with two attached hydrogens (primary N) is 1. The Hall–Kier alpha value is -3.12. The second kappa shape index (κ2) is 5.03. The van der Waals surface area contributed by atoms with Crippen molar-refractivity contribution in [3.8, 4) is 23.8 Å². The minimum Gasteiger partial charge on any atom is -0.436 e. The van der Waals surface area contributed by atoms with Crippen molar-refractivity contribution in [1.29, 1.82) is 10.5 Å². The van der Waals surface area contributed by atoms with Crippen molar-refractivity contribution in [3.63, 3.8) is 0 Å². The summed E-state index contributed by atoms with van der Waals surface area (Å²) in [6.07, 6.45) is 1.34. The standard InChI is InChI=1S/C13H7FN4O/c14-10-2-1-3-11(9(10)7-16)19-13-12(17)8(6-15)4-5-18-13/h1-5H,17H2. The van der Waals surface area contributed by atoms with Crippen LogP contribution >= 0.6 is 0 Å². The van der Waals surface area contributed by atoms with E-state index in [0.29, 0.717) is 0 Å². The van der Waals surface area contributed by atoms with Gasteiger partial charge in [0.25, 0.3) is 0 Å². The maximum absolute atomic E-state index is 13.4. The summed E-state index contributed by atoms with van der Waals surface area (Å²) in [5.74, 6) is -0.743. The fourth-order valence-corrected chi connectivity index (χ4v) is 1.43. The van der Waals surface area contributed by atoms with Gasteiger partial charge in [-0.2, -0.15) is 10.5 Å². The minimum absolute atomic E-state index is 0.00297. The largest absolute Gasteiger partial charge is 0.436 e.